The van der Waals surface area contributed by atoms with Crippen LogP contribution in [0.1, 0.15) is 94.7 Å². The van der Waals surface area contributed by atoms with E-state index < -0.39 is 89.2 Å². The zero-order chi connectivity index (χ0) is 30.0. The quantitative estimate of drug-likeness (QED) is 0.236. The summed E-state index contributed by atoms with van der Waals surface area (Å²) < 4.78 is 11.9. The standard InChI is InChI=1S/C30H35NO10/c1-12(2)7-19(33)30(39)9-16-22(18(10-30)41-20-8-17(31)25(34)13(3)40-20)29(38)24-23(27(16)36)26(35)15-6-4-5-14(11-32)21(15)28(24)37/h4-6,12-13,17-18,20,25,32,34,36,38-39H,7-11,31H2,1-3H3/t13?,17-,18+,20+,25+,30+/m1/s1. The van der Waals surface area contributed by atoms with Gasteiger partial charge in [-0.05, 0) is 18.4 Å². The maximum atomic E-state index is 13.7. The van der Waals surface area contributed by atoms with Gasteiger partial charge in [-0.2, -0.15) is 0 Å². The van der Waals surface area contributed by atoms with Crippen LogP contribution in [0.5, 0.6) is 11.5 Å². The van der Waals surface area contributed by atoms with Crippen LogP contribution in [0.25, 0.3) is 0 Å². The molecule has 2 aliphatic carbocycles. The number of ether oxygens (including phenoxy) is 2. The van der Waals surface area contributed by atoms with Crippen LogP contribution in [0.4, 0.5) is 0 Å². The molecule has 1 heterocycles. The smallest absolute Gasteiger partial charge is 0.198 e. The molecule has 1 saturated heterocycles. The van der Waals surface area contributed by atoms with E-state index in [-0.39, 0.29) is 53.0 Å². The summed E-state index contributed by atoms with van der Waals surface area (Å²) in [5.41, 5.74) is 3.06. The fraction of sp³-hybridized carbons (Fsp3) is 0.500. The number of Topliss-reactive ketones (excluding diaryl/α,β-unsaturated/α-hetero) is 1. The Bertz CT molecular complexity index is 1420. The Labute approximate surface area is 236 Å². The lowest BCUT2D eigenvalue weighted by Gasteiger charge is -2.42. The van der Waals surface area contributed by atoms with E-state index in [0.29, 0.717) is 0 Å². The maximum Gasteiger partial charge on any atom is 0.198 e. The highest BCUT2D eigenvalue weighted by Gasteiger charge is 2.50. The second kappa shape index (κ2) is 10.6. The van der Waals surface area contributed by atoms with E-state index >= 15 is 0 Å². The summed E-state index contributed by atoms with van der Waals surface area (Å²) in [6.07, 6.45) is -4.60. The van der Waals surface area contributed by atoms with Crippen LogP contribution in [0.15, 0.2) is 18.2 Å². The third-order valence-electron chi connectivity index (χ3n) is 8.33. The predicted molar refractivity (Wildman–Crippen MR) is 143 cm³/mol. The average molecular weight is 570 g/mol. The van der Waals surface area contributed by atoms with Gasteiger partial charge in [0.1, 0.15) is 17.1 Å². The number of rotatable bonds is 6. The second-order valence-corrected chi connectivity index (χ2v) is 11.7. The van der Waals surface area contributed by atoms with Crippen molar-refractivity contribution in [2.24, 2.45) is 11.7 Å². The average Bonchev–Trinajstić information content (AvgIpc) is 2.91. The number of phenols is 2. The second-order valence-electron chi connectivity index (χ2n) is 11.7. The molecule has 11 nitrogen and oxygen atoms in total. The van der Waals surface area contributed by atoms with Crippen molar-refractivity contribution in [1.29, 1.82) is 0 Å². The lowest BCUT2D eigenvalue weighted by molar-refractivity contribution is -0.247. The molecule has 7 N–H and O–H groups in total. The number of fused-ring (bicyclic) bond motifs is 3. The number of carbonyl (C=O) groups excluding carboxylic acids is 3. The third-order valence-corrected chi connectivity index (χ3v) is 8.33. The number of carbonyl (C=O) groups is 3. The number of aliphatic hydroxyl groups is 3. The summed E-state index contributed by atoms with van der Waals surface area (Å²) in [6.45, 7) is 4.71. The largest absolute Gasteiger partial charge is 0.507 e. The highest BCUT2D eigenvalue weighted by molar-refractivity contribution is 6.31. The van der Waals surface area contributed by atoms with E-state index in [0.717, 1.165) is 0 Å². The molecule has 0 aromatic heterocycles. The third kappa shape index (κ3) is 4.76. The fourth-order valence-corrected chi connectivity index (χ4v) is 6.23. The van der Waals surface area contributed by atoms with Gasteiger partial charge in [0, 0.05) is 54.0 Å². The molecule has 2 aromatic carbocycles. The lowest BCUT2D eigenvalue weighted by atomic mass is 9.71. The van der Waals surface area contributed by atoms with Gasteiger partial charge in [0.15, 0.2) is 23.6 Å². The normalized spacial score (nSPS) is 29.2. The number of phenolic OH excluding ortho intramolecular Hbond substituents is 2. The zero-order valence-corrected chi connectivity index (χ0v) is 23.1. The Hall–Kier alpha value is -3.19. The fourth-order valence-electron chi connectivity index (χ4n) is 6.23. The van der Waals surface area contributed by atoms with Gasteiger partial charge in [-0.15, -0.1) is 0 Å². The molecule has 1 aliphatic heterocycles. The molecule has 220 valence electrons. The summed E-state index contributed by atoms with van der Waals surface area (Å²) in [5.74, 6) is -3.37. The maximum absolute atomic E-state index is 13.7. The first-order valence-electron chi connectivity index (χ1n) is 13.7. The summed E-state index contributed by atoms with van der Waals surface area (Å²) >= 11 is 0. The molecule has 2 aromatic rings. The Morgan fingerprint density at radius 3 is 2.46 bits per heavy atom. The van der Waals surface area contributed by atoms with Crippen molar-refractivity contribution >= 4 is 17.3 Å². The molecule has 0 amide bonds. The van der Waals surface area contributed by atoms with Crippen molar-refractivity contribution in [3.63, 3.8) is 0 Å². The molecule has 11 heteroatoms. The topological polar surface area (TPSA) is 197 Å². The number of hydrogen-bond acceptors (Lipinski definition) is 11. The number of ketones is 3. The van der Waals surface area contributed by atoms with Gasteiger partial charge in [0.05, 0.1) is 36.0 Å². The number of aromatic hydroxyl groups is 2. The SMILES string of the molecule is CC(C)CC(=O)[C@]1(O)Cc2c(O)c3c(c(O)c2[C@@H](O[C@H]2C[C@@H](N)[C@@H](O)C(C)O2)C1)C(=O)c1c(CO)cccc1C3=O. The van der Waals surface area contributed by atoms with Crippen molar-refractivity contribution in [3.05, 3.63) is 57.1 Å². The summed E-state index contributed by atoms with van der Waals surface area (Å²) in [5, 5.41) is 54.7. The highest BCUT2D eigenvalue weighted by Crippen LogP contribution is 2.52. The highest BCUT2D eigenvalue weighted by atomic mass is 16.7. The molecule has 5 rings (SSSR count). The van der Waals surface area contributed by atoms with E-state index in [1.807, 2.05) is 13.8 Å². The minimum Gasteiger partial charge on any atom is -0.507 e. The molecule has 0 saturated carbocycles. The van der Waals surface area contributed by atoms with Gasteiger partial charge in [-0.1, -0.05) is 32.0 Å². The van der Waals surface area contributed by atoms with Crippen molar-refractivity contribution < 1.29 is 49.4 Å². The molecule has 0 radical (unpaired) electrons. The van der Waals surface area contributed by atoms with Crippen molar-refractivity contribution in [2.75, 3.05) is 0 Å². The van der Waals surface area contributed by atoms with Crippen LogP contribution >= 0.6 is 0 Å². The first-order valence-corrected chi connectivity index (χ1v) is 13.7. The van der Waals surface area contributed by atoms with Crippen LogP contribution in [0.2, 0.25) is 0 Å². The number of benzene rings is 2. The van der Waals surface area contributed by atoms with E-state index in [2.05, 4.69) is 0 Å². The molecule has 3 aliphatic rings. The molecular formula is C30H35NO10. The van der Waals surface area contributed by atoms with Crippen molar-refractivity contribution in [2.45, 2.75) is 89.3 Å². The first-order chi connectivity index (χ1) is 19.3. The minimum absolute atomic E-state index is 0.0268. The van der Waals surface area contributed by atoms with Crippen LogP contribution in [0, 0.1) is 5.92 Å². The summed E-state index contributed by atoms with van der Waals surface area (Å²) in [6, 6.07) is 3.67. The Balaban J connectivity index is 1.68. The zero-order valence-electron chi connectivity index (χ0n) is 23.1. The van der Waals surface area contributed by atoms with Crippen molar-refractivity contribution in [3.8, 4) is 11.5 Å². The number of nitrogens with two attached hydrogens (primary N) is 1. The van der Waals surface area contributed by atoms with Gasteiger partial charge in [-0.3, -0.25) is 14.4 Å². The van der Waals surface area contributed by atoms with Gasteiger partial charge >= 0.3 is 0 Å². The van der Waals surface area contributed by atoms with Gasteiger partial charge < -0.3 is 40.7 Å². The molecule has 0 spiro atoms. The van der Waals surface area contributed by atoms with E-state index in [4.69, 9.17) is 15.2 Å². The van der Waals surface area contributed by atoms with Crippen LogP contribution < -0.4 is 5.73 Å². The van der Waals surface area contributed by atoms with E-state index in [1.165, 1.54) is 18.2 Å². The minimum atomic E-state index is -2.02. The van der Waals surface area contributed by atoms with Crippen molar-refractivity contribution in [1.82, 2.24) is 0 Å². The first kappa shape index (κ1) is 29.3. The number of hydrogen-bond donors (Lipinski definition) is 6. The Kier molecular flexibility index (Phi) is 7.56. The van der Waals surface area contributed by atoms with Gasteiger partial charge in [0.2, 0.25) is 0 Å². The molecule has 1 unspecified atom stereocenters. The summed E-state index contributed by atoms with van der Waals surface area (Å²) in [4.78, 5) is 40.6. The monoisotopic (exact) mass is 569 g/mol. The molecule has 1 fully saturated rings. The molecule has 0 bridgehead atoms. The van der Waals surface area contributed by atoms with Gasteiger partial charge in [-0.25, -0.2) is 0 Å². The van der Waals surface area contributed by atoms with Gasteiger partial charge in [0.25, 0.3) is 0 Å². The van der Waals surface area contributed by atoms with Crippen LogP contribution in [-0.2, 0) is 27.3 Å². The van der Waals surface area contributed by atoms with Crippen LogP contribution in [0.3, 0.4) is 0 Å². The number of aliphatic hydroxyl groups excluding tert-OH is 2. The predicted octanol–water partition coefficient (Wildman–Crippen LogP) is 1.54. The molecule has 6 atom stereocenters. The lowest BCUT2D eigenvalue weighted by Crippen LogP contribution is -2.52. The van der Waals surface area contributed by atoms with Crippen LogP contribution in [-0.4, -0.2) is 73.0 Å². The Morgan fingerprint density at radius 1 is 1.15 bits per heavy atom. The molecule has 41 heavy (non-hydrogen) atoms. The van der Waals surface area contributed by atoms with E-state index in [9.17, 15) is 39.9 Å². The molecular weight excluding hydrogens is 534 g/mol. The summed E-state index contributed by atoms with van der Waals surface area (Å²) in [7, 11) is 0. The van der Waals surface area contributed by atoms with E-state index in [1.54, 1.807) is 6.92 Å². The Morgan fingerprint density at radius 2 is 1.83 bits per heavy atom.